The highest BCUT2D eigenvalue weighted by Crippen LogP contribution is 2.15. The topological polar surface area (TPSA) is 64.0 Å². The summed E-state index contributed by atoms with van der Waals surface area (Å²) >= 11 is 0. The monoisotopic (exact) mass is 395 g/mol. The van der Waals surface area contributed by atoms with Crippen molar-refractivity contribution < 1.29 is 9.59 Å². The Balaban J connectivity index is 1.43. The smallest absolute Gasteiger partial charge is 0.252 e. The lowest BCUT2D eigenvalue weighted by molar-refractivity contribution is 0.0939. The van der Waals surface area contributed by atoms with E-state index in [0.717, 1.165) is 17.7 Å². The molecule has 4 rings (SSSR count). The van der Waals surface area contributed by atoms with Gasteiger partial charge in [-0.3, -0.25) is 9.59 Å². The van der Waals surface area contributed by atoms with Gasteiger partial charge in [0.25, 0.3) is 5.91 Å². The first kappa shape index (κ1) is 19.3. The van der Waals surface area contributed by atoms with Gasteiger partial charge in [-0.05, 0) is 17.2 Å². The van der Waals surface area contributed by atoms with Crippen LogP contribution in [0.3, 0.4) is 0 Å². The molecule has 1 aromatic heterocycles. The van der Waals surface area contributed by atoms with E-state index >= 15 is 0 Å². The SMILES string of the molecule is O=C(NCc1ccc(Cn2ccnc2)cc1)c1ccccc1C(=O)c1ccccc1. The van der Waals surface area contributed by atoms with Gasteiger partial charge < -0.3 is 9.88 Å². The van der Waals surface area contributed by atoms with E-state index in [9.17, 15) is 9.59 Å². The van der Waals surface area contributed by atoms with Crippen LogP contribution in [-0.2, 0) is 13.1 Å². The lowest BCUT2D eigenvalue weighted by atomic mass is 9.98. The van der Waals surface area contributed by atoms with Gasteiger partial charge >= 0.3 is 0 Å². The van der Waals surface area contributed by atoms with Crippen LogP contribution in [0, 0.1) is 0 Å². The minimum absolute atomic E-state index is 0.162. The summed E-state index contributed by atoms with van der Waals surface area (Å²) in [5.41, 5.74) is 3.48. The van der Waals surface area contributed by atoms with E-state index in [2.05, 4.69) is 10.3 Å². The van der Waals surface area contributed by atoms with E-state index in [1.54, 1.807) is 48.9 Å². The lowest BCUT2D eigenvalue weighted by Crippen LogP contribution is -2.25. The highest BCUT2D eigenvalue weighted by molar-refractivity contribution is 6.15. The fourth-order valence-electron chi connectivity index (χ4n) is 3.26. The highest BCUT2D eigenvalue weighted by Gasteiger charge is 2.17. The number of hydrogen-bond donors (Lipinski definition) is 1. The van der Waals surface area contributed by atoms with E-state index in [1.165, 1.54) is 0 Å². The van der Waals surface area contributed by atoms with E-state index in [0.29, 0.717) is 23.2 Å². The zero-order valence-corrected chi connectivity index (χ0v) is 16.4. The number of aromatic nitrogens is 2. The largest absolute Gasteiger partial charge is 0.348 e. The van der Waals surface area contributed by atoms with E-state index in [4.69, 9.17) is 0 Å². The number of hydrogen-bond acceptors (Lipinski definition) is 3. The molecule has 3 aromatic carbocycles. The molecule has 5 heteroatoms. The maximum atomic E-state index is 12.8. The fraction of sp³-hybridized carbons (Fsp3) is 0.0800. The minimum atomic E-state index is -0.266. The lowest BCUT2D eigenvalue weighted by Gasteiger charge is -2.10. The van der Waals surface area contributed by atoms with Crippen LogP contribution in [0.4, 0.5) is 0 Å². The number of nitrogens with one attached hydrogen (secondary N) is 1. The Hall–Kier alpha value is -3.99. The molecule has 0 saturated heterocycles. The van der Waals surface area contributed by atoms with Crippen molar-refractivity contribution in [3.05, 3.63) is 125 Å². The molecular formula is C25H21N3O2. The Labute approximate surface area is 175 Å². The zero-order valence-electron chi connectivity index (χ0n) is 16.4. The van der Waals surface area contributed by atoms with Gasteiger partial charge in [0.2, 0.25) is 0 Å². The van der Waals surface area contributed by atoms with Gasteiger partial charge in [0.05, 0.1) is 11.9 Å². The van der Waals surface area contributed by atoms with E-state index in [1.807, 2.05) is 53.2 Å². The number of carbonyl (C=O) groups excluding carboxylic acids is 2. The molecule has 30 heavy (non-hydrogen) atoms. The Kier molecular flexibility index (Phi) is 5.80. The molecule has 1 N–H and O–H groups in total. The van der Waals surface area contributed by atoms with Crippen LogP contribution in [0.25, 0.3) is 0 Å². The molecule has 0 atom stereocenters. The summed E-state index contributed by atoms with van der Waals surface area (Å²) in [7, 11) is 0. The molecule has 148 valence electrons. The molecule has 4 aromatic rings. The van der Waals surface area contributed by atoms with Crippen molar-refractivity contribution in [3.8, 4) is 0 Å². The molecule has 5 nitrogen and oxygen atoms in total. The Morgan fingerprint density at radius 2 is 1.47 bits per heavy atom. The van der Waals surface area contributed by atoms with Gasteiger partial charge in [0, 0.05) is 36.6 Å². The van der Waals surface area contributed by atoms with Gasteiger partial charge in [0.15, 0.2) is 5.78 Å². The van der Waals surface area contributed by atoms with E-state index in [-0.39, 0.29) is 11.7 Å². The number of carbonyl (C=O) groups is 2. The second-order valence-corrected chi connectivity index (χ2v) is 6.97. The van der Waals surface area contributed by atoms with Gasteiger partial charge in [-0.1, -0.05) is 72.8 Å². The van der Waals surface area contributed by atoms with Crippen LogP contribution in [0.2, 0.25) is 0 Å². The second kappa shape index (κ2) is 9.01. The van der Waals surface area contributed by atoms with Gasteiger partial charge in [-0.25, -0.2) is 4.98 Å². The highest BCUT2D eigenvalue weighted by atomic mass is 16.2. The number of amides is 1. The third-order valence-corrected chi connectivity index (χ3v) is 4.85. The Bertz CT molecular complexity index is 1130. The number of nitrogens with zero attached hydrogens (tertiary/aromatic N) is 2. The minimum Gasteiger partial charge on any atom is -0.348 e. The number of rotatable bonds is 7. The summed E-state index contributed by atoms with van der Waals surface area (Å²) in [6.07, 6.45) is 5.45. The van der Waals surface area contributed by atoms with Crippen LogP contribution < -0.4 is 5.32 Å². The molecular weight excluding hydrogens is 374 g/mol. The molecule has 0 radical (unpaired) electrons. The summed E-state index contributed by atoms with van der Waals surface area (Å²) in [5.74, 6) is -0.428. The van der Waals surface area contributed by atoms with Crippen molar-refractivity contribution in [3.63, 3.8) is 0 Å². The average Bonchev–Trinajstić information content (AvgIpc) is 3.31. The maximum absolute atomic E-state index is 12.8. The standard InChI is InChI=1S/C25H21N3O2/c29-24(21-6-2-1-3-7-21)22-8-4-5-9-23(22)25(30)27-16-19-10-12-20(13-11-19)17-28-15-14-26-18-28/h1-15,18H,16-17H2,(H,27,30). The molecule has 0 aliphatic carbocycles. The van der Waals surface area contributed by atoms with Crippen LogP contribution in [0.1, 0.15) is 37.4 Å². The van der Waals surface area contributed by atoms with Gasteiger partial charge in [0.1, 0.15) is 0 Å². The fourth-order valence-corrected chi connectivity index (χ4v) is 3.26. The summed E-state index contributed by atoms with van der Waals surface area (Å²) in [5, 5.41) is 2.92. The molecule has 0 aliphatic heterocycles. The molecule has 0 saturated carbocycles. The van der Waals surface area contributed by atoms with Crippen molar-refractivity contribution in [2.45, 2.75) is 13.1 Å². The third kappa shape index (κ3) is 4.52. The number of imidazole rings is 1. The third-order valence-electron chi connectivity index (χ3n) is 4.85. The summed E-state index contributed by atoms with van der Waals surface area (Å²) in [6, 6.07) is 24.0. The predicted molar refractivity (Wildman–Crippen MR) is 115 cm³/mol. The van der Waals surface area contributed by atoms with Crippen LogP contribution in [0.5, 0.6) is 0 Å². The van der Waals surface area contributed by atoms with Crippen molar-refractivity contribution in [1.82, 2.24) is 14.9 Å². The molecule has 1 heterocycles. The van der Waals surface area contributed by atoms with E-state index < -0.39 is 0 Å². The van der Waals surface area contributed by atoms with Crippen molar-refractivity contribution >= 4 is 11.7 Å². The number of benzene rings is 3. The normalized spacial score (nSPS) is 10.5. The molecule has 0 fully saturated rings. The molecule has 1 amide bonds. The predicted octanol–water partition coefficient (Wildman–Crippen LogP) is 4.09. The first-order valence-corrected chi connectivity index (χ1v) is 9.71. The first-order valence-electron chi connectivity index (χ1n) is 9.71. The van der Waals surface area contributed by atoms with Crippen LogP contribution >= 0.6 is 0 Å². The first-order chi connectivity index (χ1) is 14.7. The van der Waals surface area contributed by atoms with Gasteiger partial charge in [-0.15, -0.1) is 0 Å². The van der Waals surface area contributed by atoms with Crippen molar-refractivity contribution in [1.29, 1.82) is 0 Å². The maximum Gasteiger partial charge on any atom is 0.252 e. The Morgan fingerprint density at radius 3 is 2.17 bits per heavy atom. The zero-order chi connectivity index (χ0) is 20.8. The molecule has 0 spiro atoms. The van der Waals surface area contributed by atoms with Gasteiger partial charge in [-0.2, -0.15) is 0 Å². The summed E-state index contributed by atoms with van der Waals surface area (Å²) in [4.78, 5) is 29.7. The average molecular weight is 395 g/mol. The molecule has 0 bridgehead atoms. The quantitative estimate of drug-likeness (QED) is 0.479. The summed E-state index contributed by atoms with van der Waals surface area (Å²) < 4.78 is 2.00. The van der Waals surface area contributed by atoms with Crippen LogP contribution in [-0.4, -0.2) is 21.2 Å². The van der Waals surface area contributed by atoms with Crippen molar-refractivity contribution in [2.75, 3.05) is 0 Å². The van der Waals surface area contributed by atoms with Crippen molar-refractivity contribution in [2.24, 2.45) is 0 Å². The second-order valence-electron chi connectivity index (χ2n) is 6.97. The molecule has 0 aliphatic rings. The van der Waals surface area contributed by atoms with Crippen LogP contribution in [0.15, 0.2) is 97.6 Å². The summed E-state index contributed by atoms with van der Waals surface area (Å²) in [6.45, 7) is 1.14. The molecule has 0 unspecified atom stereocenters. The number of ketones is 1. The Morgan fingerprint density at radius 1 is 0.800 bits per heavy atom.